The van der Waals surface area contributed by atoms with Crippen molar-refractivity contribution in [1.82, 2.24) is 0 Å². The van der Waals surface area contributed by atoms with E-state index in [0.717, 1.165) is 0 Å². The molecule has 0 heterocycles. The van der Waals surface area contributed by atoms with Gasteiger partial charge in [-0.3, -0.25) is 9.59 Å². The van der Waals surface area contributed by atoms with Crippen molar-refractivity contribution in [3.63, 3.8) is 0 Å². The van der Waals surface area contributed by atoms with Crippen molar-refractivity contribution in [3.05, 3.63) is 77.4 Å². The fourth-order valence-corrected chi connectivity index (χ4v) is 1.93. The summed E-state index contributed by atoms with van der Waals surface area (Å²) in [6, 6.07) is 15.1. The summed E-state index contributed by atoms with van der Waals surface area (Å²) in [4.78, 5) is 34.5. The van der Waals surface area contributed by atoms with Crippen LogP contribution in [0.1, 0.15) is 29.3 Å². The maximum absolute atomic E-state index is 12.2. The molecule has 0 atom stereocenters. The molecule has 0 saturated carbocycles. The van der Waals surface area contributed by atoms with Gasteiger partial charge in [0, 0.05) is 16.7 Å². The Balaban J connectivity index is 2.00. The molecule has 0 unspecified atom stereocenters. The van der Waals surface area contributed by atoms with Crippen molar-refractivity contribution in [3.8, 4) is 5.75 Å². The second-order valence-corrected chi connectivity index (χ2v) is 5.09. The summed E-state index contributed by atoms with van der Waals surface area (Å²) in [7, 11) is 0. The first kappa shape index (κ1) is 17.1. The van der Waals surface area contributed by atoms with Crippen LogP contribution in [-0.2, 0) is 9.59 Å². The average molecular weight is 324 g/mol. The van der Waals surface area contributed by atoms with Gasteiger partial charge in [-0.1, -0.05) is 36.4 Å². The molecule has 0 fully saturated rings. The first-order valence-electron chi connectivity index (χ1n) is 7.28. The maximum atomic E-state index is 12.2. The van der Waals surface area contributed by atoms with E-state index in [1.807, 2.05) is 6.07 Å². The van der Waals surface area contributed by atoms with Crippen LogP contribution in [-0.4, -0.2) is 22.8 Å². The van der Waals surface area contributed by atoms with Crippen LogP contribution in [0.25, 0.3) is 0 Å². The third-order valence-corrected chi connectivity index (χ3v) is 3.30. The minimum atomic E-state index is -1.08. The van der Waals surface area contributed by atoms with Crippen LogP contribution in [0.5, 0.6) is 5.75 Å². The van der Waals surface area contributed by atoms with Crippen LogP contribution < -0.4 is 4.74 Å². The Morgan fingerprint density at radius 3 is 2.12 bits per heavy atom. The number of ether oxygens (including phenoxy) is 1. The van der Waals surface area contributed by atoms with Crippen LogP contribution in [0, 0.1) is 0 Å². The Morgan fingerprint density at radius 2 is 1.54 bits per heavy atom. The first-order chi connectivity index (χ1) is 11.5. The Kier molecular flexibility index (Phi) is 5.63. The van der Waals surface area contributed by atoms with E-state index < -0.39 is 11.9 Å². The summed E-state index contributed by atoms with van der Waals surface area (Å²) < 4.78 is 5.10. The summed E-state index contributed by atoms with van der Waals surface area (Å²) in [5.74, 6) is -1.47. The number of hydrogen-bond acceptors (Lipinski definition) is 4. The molecule has 0 bridgehead atoms. The molecule has 0 aliphatic carbocycles. The van der Waals surface area contributed by atoms with Crippen molar-refractivity contribution in [1.29, 1.82) is 0 Å². The van der Waals surface area contributed by atoms with Gasteiger partial charge in [0.2, 0.25) is 0 Å². The van der Waals surface area contributed by atoms with Crippen molar-refractivity contribution in [2.75, 3.05) is 0 Å². The highest BCUT2D eigenvalue weighted by Crippen LogP contribution is 2.16. The van der Waals surface area contributed by atoms with E-state index >= 15 is 0 Å². The van der Waals surface area contributed by atoms with E-state index in [9.17, 15) is 14.4 Å². The van der Waals surface area contributed by atoms with Crippen molar-refractivity contribution in [2.45, 2.75) is 13.3 Å². The predicted molar refractivity (Wildman–Crippen MR) is 88.0 cm³/mol. The molecule has 0 amide bonds. The fraction of sp³-hybridized carbons (Fsp3) is 0.105. The Bertz CT molecular complexity index is 773. The molecular weight excluding hydrogens is 308 g/mol. The number of benzene rings is 2. The zero-order valence-electron chi connectivity index (χ0n) is 13.1. The van der Waals surface area contributed by atoms with Gasteiger partial charge in [0.15, 0.2) is 5.78 Å². The molecule has 5 heteroatoms. The molecule has 0 aliphatic rings. The van der Waals surface area contributed by atoms with Crippen LogP contribution in [0.15, 0.2) is 66.2 Å². The highest BCUT2D eigenvalue weighted by molar-refractivity contribution is 6.09. The fourth-order valence-electron chi connectivity index (χ4n) is 1.93. The van der Waals surface area contributed by atoms with E-state index in [0.29, 0.717) is 16.9 Å². The van der Waals surface area contributed by atoms with Gasteiger partial charge in [-0.2, -0.15) is 0 Å². The molecule has 24 heavy (non-hydrogen) atoms. The number of esters is 1. The second-order valence-electron chi connectivity index (χ2n) is 5.09. The Morgan fingerprint density at radius 1 is 0.958 bits per heavy atom. The summed E-state index contributed by atoms with van der Waals surface area (Å²) in [5, 5.41) is 8.71. The summed E-state index contributed by atoms with van der Waals surface area (Å²) in [5.41, 5.74) is 1.15. The topological polar surface area (TPSA) is 80.7 Å². The molecule has 0 aromatic heterocycles. The Hall–Kier alpha value is -3.21. The molecule has 2 rings (SSSR count). The molecule has 1 N–H and O–H groups in total. The monoisotopic (exact) mass is 324 g/mol. The van der Waals surface area contributed by atoms with Crippen molar-refractivity contribution >= 4 is 17.7 Å². The van der Waals surface area contributed by atoms with Gasteiger partial charge < -0.3 is 9.84 Å². The molecular formula is C19H16O5. The number of carbonyl (C=O) groups excluding carboxylic acids is 2. The van der Waals surface area contributed by atoms with Gasteiger partial charge >= 0.3 is 11.9 Å². The third kappa shape index (κ3) is 4.64. The smallest absolute Gasteiger partial charge is 0.330 e. The largest absolute Gasteiger partial charge is 0.478 e. The molecule has 122 valence electrons. The molecule has 0 aliphatic heterocycles. The SMILES string of the molecule is CC(=CCC(=O)Oc1ccc(C(=O)c2ccccc2)cc1)C(=O)O. The van der Waals surface area contributed by atoms with E-state index in [-0.39, 0.29) is 17.8 Å². The number of carboxylic acids is 1. The summed E-state index contributed by atoms with van der Waals surface area (Å²) in [6.45, 7) is 1.40. The minimum Gasteiger partial charge on any atom is -0.478 e. The maximum Gasteiger partial charge on any atom is 0.330 e. The molecule has 0 spiro atoms. The minimum absolute atomic E-state index is 0.0794. The van der Waals surface area contributed by atoms with Gasteiger partial charge in [0.25, 0.3) is 0 Å². The molecule has 0 radical (unpaired) electrons. The number of rotatable bonds is 6. The van der Waals surface area contributed by atoms with E-state index in [4.69, 9.17) is 9.84 Å². The molecule has 2 aromatic carbocycles. The van der Waals surface area contributed by atoms with E-state index in [1.54, 1.807) is 36.4 Å². The van der Waals surface area contributed by atoms with Crippen molar-refractivity contribution < 1.29 is 24.2 Å². The first-order valence-corrected chi connectivity index (χ1v) is 7.28. The lowest BCUT2D eigenvalue weighted by molar-refractivity contribution is -0.133. The normalized spacial score (nSPS) is 11.0. The highest BCUT2D eigenvalue weighted by Gasteiger charge is 2.10. The molecule has 5 nitrogen and oxygen atoms in total. The van der Waals surface area contributed by atoms with Gasteiger partial charge in [0.1, 0.15) is 5.75 Å². The second kappa shape index (κ2) is 7.87. The lowest BCUT2D eigenvalue weighted by atomic mass is 10.0. The van der Waals surface area contributed by atoms with Gasteiger partial charge in [-0.15, -0.1) is 0 Å². The van der Waals surface area contributed by atoms with Crippen LogP contribution >= 0.6 is 0 Å². The molecule has 2 aromatic rings. The van der Waals surface area contributed by atoms with E-state index in [2.05, 4.69) is 0 Å². The lowest BCUT2D eigenvalue weighted by Gasteiger charge is -2.05. The average Bonchev–Trinajstić information content (AvgIpc) is 2.60. The summed E-state index contributed by atoms with van der Waals surface area (Å²) in [6.07, 6.45) is 1.15. The summed E-state index contributed by atoms with van der Waals surface area (Å²) >= 11 is 0. The highest BCUT2D eigenvalue weighted by atomic mass is 16.5. The standard InChI is InChI=1S/C19H16O5/c1-13(19(22)23)7-12-17(20)24-16-10-8-15(9-11-16)18(21)14-5-3-2-4-6-14/h2-11H,12H2,1H3,(H,22,23). The quantitative estimate of drug-likeness (QED) is 0.382. The van der Waals surface area contributed by atoms with Gasteiger partial charge in [0.05, 0.1) is 6.42 Å². The lowest BCUT2D eigenvalue weighted by Crippen LogP contribution is -2.08. The third-order valence-electron chi connectivity index (χ3n) is 3.30. The van der Waals surface area contributed by atoms with Crippen LogP contribution in [0.2, 0.25) is 0 Å². The molecule has 0 saturated heterocycles. The Labute approximate surface area is 139 Å². The van der Waals surface area contributed by atoms with Crippen LogP contribution in [0.3, 0.4) is 0 Å². The predicted octanol–water partition coefficient (Wildman–Crippen LogP) is 3.24. The van der Waals surface area contributed by atoms with Gasteiger partial charge in [-0.05, 0) is 31.2 Å². The number of aliphatic carboxylic acids is 1. The number of carboxylic acid groups (broad SMARTS) is 1. The van der Waals surface area contributed by atoms with E-state index in [1.165, 1.54) is 25.1 Å². The van der Waals surface area contributed by atoms with Gasteiger partial charge in [-0.25, -0.2) is 4.79 Å². The zero-order chi connectivity index (χ0) is 17.5. The number of ketones is 1. The zero-order valence-corrected chi connectivity index (χ0v) is 13.1. The van der Waals surface area contributed by atoms with Crippen LogP contribution in [0.4, 0.5) is 0 Å². The van der Waals surface area contributed by atoms with Crippen molar-refractivity contribution in [2.24, 2.45) is 0 Å². The number of hydrogen-bond donors (Lipinski definition) is 1. The number of carbonyl (C=O) groups is 3.